The summed E-state index contributed by atoms with van der Waals surface area (Å²) in [6.45, 7) is 2.08. The third-order valence-corrected chi connectivity index (χ3v) is 2.98. The Bertz CT molecular complexity index is 487. The maximum Gasteiger partial charge on any atom is 0.252 e. The van der Waals surface area contributed by atoms with Crippen LogP contribution in [0.15, 0.2) is 18.2 Å². The number of carbonyl (C=O) groups is 2. The number of likely N-dealkylation sites (tertiary alicyclic amines) is 1. The molecule has 1 aromatic carbocycles. The number of nitrogens with one attached hydrogen (secondary N) is 1. The summed E-state index contributed by atoms with van der Waals surface area (Å²) in [5, 5.41) is 3.07. The maximum atomic E-state index is 13.1. The van der Waals surface area contributed by atoms with Crippen LogP contribution in [0, 0.1) is 5.82 Å². The van der Waals surface area contributed by atoms with E-state index in [2.05, 4.69) is 5.32 Å². The first-order valence-corrected chi connectivity index (χ1v) is 5.96. The standard InChI is InChI=1S/C12H12ClFN2O2/c1-2-16-11(17)6-10(12(16)18)15-9-4-7(13)3-8(14)5-9/h3-5,10,15H,2,6H2,1H3. The molecule has 1 aliphatic rings. The molecule has 0 radical (unpaired) electrons. The van der Waals surface area contributed by atoms with E-state index >= 15 is 0 Å². The van der Waals surface area contributed by atoms with Crippen molar-refractivity contribution in [2.75, 3.05) is 11.9 Å². The molecule has 0 saturated carbocycles. The molecular formula is C12H12ClFN2O2. The molecule has 18 heavy (non-hydrogen) atoms. The van der Waals surface area contributed by atoms with Crippen LogP contribution >= 0.6 is 11.6 Å². The quantitative estimate of drug-likeness (QED) is 0.855. The highest BCUT2D eigenvalue weighted by Crippen LogP contribution is 2.22. The van der Waals surface area contributed by atoms with Crippen LogP contribution in [0.5, 0.6) is 0 Å². The molecule has 1 atom stereocenters. The van der Waals surface area contributed by atoms with Crippen LogP contribution in [0.25, 0.3) is 0 Å². The number of nitrogens with zero attached hydrogens (tertiary/aromatic N) is 1. The zero-order valence-corrected chi connectivity index (χ0v) is 10.5. The second kappa shape index (κ2) is 4.94. The van der Waals surface area contributed by atoms with Crippen molar-refractivity contribution in [2.24, 2.45) is 0 Å². The summed E-state index contributed by atoms with van der Waals surface area (Å²) >= 11 is 5.71. The van der Waals surface area contributed by atoms with Gasteiger partial charge in [0.2, 0.25) is 5.91 Å². The summed E-state index contributed by atoms with van der Waals surface area (Å²) in [4.78, 5) is 24.5. The Morgan fingerprint density at radius 1 is 1.44 bits per heavy atom. The van der Waals surface area contributed by atoms with Gasteiger partial charge in [-0.25, -0.2) is 4.39 Å². The smallest absolute Gasteiger partial charge is 0.252 e. The van der Waals surface area contributed by atoms with E-state index in [0.29, 0.717) is 12.2 Å². The molecule has 1 fully saturated rings. The molecule has 2 amide bonds. The molecule has 96 valence electrons. The van der Waals surface area contributed by atoms with Crippen LogP contribution in [0.3, 0.4) is 0 Å². The summed E-state index contributed by atoms with van der Waals surface area (Å²) in [7, 11) is 0. The second-order valence-electron chi connectivity index (χ2n) is 4.04. The number of rotatable bonds is 3. The van der Waals surface area contributed by atoms with Crippen molar-refractivity contribution < 1.29 is 14.0 Å². The number of hydrogen-bond acceptors (Lipinski definition) is 3. The molecule has 2 rings (SSSR count). The molecule has 1 aliphatic heterocycles. The number of benzene rings is 1. The van der Waals surface area contributed by atoms with Crippen molar-refractivity contribution in [1.29, 1.82) is 0 Å². The number of halogens is 2. The fourth-order valence-corrected chi connectivity index (χ4v) is 2.19. The Kier molecular flexibility index (Phi) is 3.52. The van der Waals surface area contributed by atoms with Gasteiger partial charge in [0.15, 0.2) is 0 Å². The van der Waals surface area contributed by atoms with Gasteiger partial charge in [0.25, 0.3) is 5.91 Å². The summed E-state index contributed by atoms with van der Waals surface area (Å²) in [5.74, 6) is -1.00. The number of amides is 2. The normalized spacial score (nSPS) is 19.5. The van der Waals surface area contributed by atoms with Gasteiger partial charge in [-0.1, -0.05) is 11.6 Å². The Balaban J connectivity index is 2.15. The monoisotopic (exact) mass is 270 g/mol. The molecule has 1 N–H and O–H groups in total. The lowest BCUT2D eigenvalue weighted by Gasteiger charge is -2.14. The van der Waals surface area contributed by atoms with Crippen molar-refractivity contribution in [2.45, 2.75) is 19.4 Å². The van der Waals surface area contributed by atoms with Gasteiger partial charge in [-0.2, -0.15) is 0 Å². The lowest BCUT2D eigenvalue weighted by Crippen LogP contribution is -2.34. The zero-order valence-electron chi connectivity index (χ0n) is 9.74. The average molecular weight is 271 g/mol. The highest BCUT2D eigenvalue weighted by Gasteiger charge is 2.37. The lowest BCUT2D eigenvalue weighted by atomic mass is 10.2. The number of anilines is 1. The second-order valence-corrected chi connectivity index (χ2v) is 4.47. The predicted molar refractivity (Wildman–Crippen MR) is 65.8 cm³/mol. The van der Waals surface area contributed by atoms with E-state index in [1.54, 1.807) is 6.92 Å². The summed E-state index contributed by atoms with van der Waals surface area (Å²) in [6, 6.07) is 3.28. The fourth-order valence-electron chi connectivity index (χ4n) is 1.97. The number of hydrogen-bond donors (Lipinski definition) is 1. The Morgan fingerprint density at radius 3 is 2.72 bits per heavy atom. The molecule has 0 spiro atoms. The molecule has 1 saturated heterocycles. The van der Waals surface area contributed by atoms with Crippen molar-refractivity contribution in [3.05, 3.63) is 29.0 Å². The molecule has 4 nitrogen and oxygen atoms in total. The molecule has 1 heterocycles. The van der Waals surface area contributed by atoms with Gasteiger partial charge >= 0.3 is 0 Å². The molecule has 0 aliphatic carbocycles. The molecule has 1 aromatic rings. The summed E-state index contributed by atoms with van der Waals surface area (Å²) in [6.07, 6.45) is 0.0841. The van der Waals surface area contributed by atoms with Gasteiger partial charge in [0.1, 0.15) is 11.9 Å². The van der Waals surface area contributed by atoms with Gasteiger partial charge in [-0.15, -0.1) is 0 Å². The van der Waals surface area contributed by atoms with Gasteiger partial charge in [-0.3, -0.25) is 14.5 Å². The van der Waals surface area contributed by atoms with Crippen molar-refractivity contribution >= 4 is 29.1 Å². The SMILES string of the molecule is CCN1C(=O)CC(Nc2cc(F)cc(Cl)c2)C1=O. The number of carbonyl (C=O) groups excluding carboxylic acids is 2. The molecule has 6 heteroatoms. The topological polar surface area (TPSA) is 49.4 Å². The highest BCUT2D eigenvalue weighted by atomic mass is 35.5. The van der Waals surface area contributed by atoms with Crippen molar-refractivity contribution in [3.63, 3.8) is 0 Å². The van der Waals surface area contributed by atoms with E-state index in [-0.39, 0.29) is 23.3 Å². The molecule has 0 bridgehead atoms. The Morgan fingerprint density at radius 2 is 2.17 bits per heavy atom. The molecular weight excluding hydrogens is 259 g/mol. The van der Waals surface area contributed by atoms with E-state index in [9.17, 15) is 14.0 Å². The van der Waals surface area contributed by atoms with Crippen LogP contribution < -0.4 is 5.32 Å². The van der Waals surface area contributed by atoms with Gasteiger partial charge < -0.3 is 5.32 Å². The van der Waals surface area contributed by atoms with Gasteiger partial charge in [0, 0.05) is 17.3 Å². The third kappa shape index (κ3) is 2.46. The van der Waals surface area contributed by atoms with Crippen molar-refractivity contribution in [1.82, 2.24) is 4.90 Å². The Labute approximate surface area is 109 Å². The van der Waals surface area contributed by atoms with Crippen molar-refractivity contribution in [3.8, 4) is 0 Å². The van der Waals surface area contributed by atoms with Crippen LogP contribution in [0.2, 0.25) is 5.02 Å². The number of imide groups is 1. The highest BCUT2D eigenvalue weighted by molar-refractivity contribution is 6.30. The van der Waals surface area contributed by atoms with E-state index < -0.39 is 11.9 Å². The first-order valence-electron chi connectivity index (χ1n) is 5.58. The van der Waals surface area contributed by atoms with E-state index in [1.165, 1.54) is 23.1 Å². The minimum Gasteiger partial charge on any atom is -0.373 e. The van der Waals surface area contributed by atoms with Gasteiger partial charge in [-0.05, 0) is 25.1 Å². The minimum absolute atomic E-state index is 0.0841. The Hall–Kier alpha value is -1.62. The van der Waals surface area contributed by atoms with E-state index in [1.807, 2.05) is 0 Å². The summed E-state index contributed by atoms with van der Waals surface area (Å²) in [5.41, 5.74) is 0.393. The summed E-state index contributed by atoms with van der Waals surface area (Å²) < 4.78 is 13.1. The van der Waals surface area contributed by atoms with Gasteiger partial charge in [0.05, 0.1) is 6.42 Å². The first kappa shape index (κ1) is 12.8. The maximum absolute atomic E-state index is 13.1. The largest absolute Gasteiger partial charge is 0.373 e. The zero-order chi connectivity index (χ0) is 13.3. The third-order valence-electron chi connectivity index (χ3n) is 2.76. The first-order chi connectivity index (χ1) is 8.51. The fraction of sp³-hybridized carbons (Fsp3) is 0.333. The van der Waals surface area contributed by atoms with Crippen LogP contribution in [-0.2, 0) is 9.59 Å². The molecule has 0 aromatic heterocycles. The van der Waals surface area contributed by atoms with Crippen LogP contribution in [0.4, 0.5) is 10.1 Å². The van der Waals surface area contributed by atoms with Crippen LogP contribution in [0.1, 0.15) is 13.3 Å². The van der Waals surface area contributed by atoms with E-state index in [0.717, 1.165) is 0 Å². The lowest BCUT2D eigenvalue weighted by molar-refractivity contribution is -0.138. The minimum atomic E-state index is -0.643. The number of likely N-dealkylation sites (N-methyl/N-ethyl adjacent to an activating group) is 1. The molecule has 1 unspecified atom stereocenters. The predicted octanol–water partition coefficient (Wildman–Crippen LogP) is 2.04. The van der Waals surface area contributed by atoms with E-state index in [4.69, 9.17) is 11.6 Å². The average Bonchev–Trinajstić information content (AvgIpc) is 2.52. The van der Waals surface area contributed by atoms with Crippen LogP contribution in [-0.4, -0.2) is 29.3 Å².